The monoisotopic (exact) mass is 434 g/mol. The summed E-state index contributed by atoms with van der Waals surface area (Å²) in [6.07, 6.45) is -9.80. The summed E-state index contributed by atoms with van der Waals surface area (Å²) in [6, 6.07) is 1.60. The molecule has 1 aromatic rings. The number of halogens is 6. The first kappa shape index (κ1) is 23.4. The van der Waals surface area contributed by atoms with Crippen LogP contribution in [0.25, 0.3) is 0 Å². The fourth-order valence-electron chi connectivity index (χ4n) is 2.52. The number of hydrogen-bond acceptors (Lipinski definition) is 2. The van der Waals surface area contributed by atoms with Crippen LogP contribution < -0.4 is 5.19 Å². The molecule has 0 aliphatic carbocycles. The van der Waals surface area contributed by atoms with Crippen LogP contribution >= 0.6 is 0 Å². The third-order valence-electron chi connectivity index (χ3n) is 3.11. The van der Waals surface area contributed by atoms with E-state index >= 15 is 0 Å². The van der Waals surface area contributed by atoms with Crippen molar-refractivity contribution >= 4 is 30.4 Å². The van der Waals surface area contributed by atoms with Gasteiger partial charge in [-0.2, -0.15) is 26.3 Å². The van der Waals surface area contributed by atoms with Crippen LogP contribution in [0.5, 0.6) is 0 Å². The summed E-state index contributed by atoms with van der Waals surface area (Å²) in [5.41, 5.74) is -2.70. The van der Waals surface area contributed by atoms with E-state index in [1.165, 1.54) is 6.55 Å². The van der Waals surface area contributed by atoms with Crippen LogP contribution in [0.1, 0.15) is 11.1 Å². The molecule has 0 aliphatic heterocycles. The second-order valence-corrected chi connectivity index (χ2v) is 20.7. The lowest BCUT2D eigenvalue weighted by atomic mass is 10.1. The van der Waals surface area contributed by atoms with E-state index in [-0.39, 0.29) is 11.3 Å². The van der Waals surface area contributed by atoms with Gasteiger partial charge in [-0.05, 0) is 69.2 Å². The molecule has 0 heterocycles. The lowest BCUT2D eigenvalue weighted by Crippen LogP contribution is -2.60. The normalized spacial score (nSPS) is 14.7. The first-order valence-electron chi connectivity index (χ1n) is 7.93. The van der Waals surface area contributed by atoms with Crippen LogP contribution in [0.4, 0.5) is 26.3 Å². The summed E-state index contributed by atoms with van der Waals surface area (Å²) in [5.74, 6) is 0. The van der Waals surface area contributed by atoms with E-state index in [0.29, 0.717) is 0 Å². The van der Waals surface area contributed by atoms with E-state index < -0.39 is 48.7 Å². The minimum absolute atomic E-state index is 0.126. The van der Waals surface area contributed by atoms with Crippen LogP contribution in [-0.2, 0) is 20.6 Å². The Labute approximate surface area is 153 Å². The van der Waals surface area contributed by atoms with Gasteiger partial charge in [-0.3, -0.25) is 0 Å². The Morgan fingerprint density at radius 2 is 0.923 bits per heavy atom. The predicted molar refractivity (Wildman–Crippen MR) is 96.6 cm³/mol. The van der Waals surface area contributed by atoms with E-state index in [4.69, 9.17) is 8.23 Å². The number of hydrogen-bond donors (Lipinski definition) is 0. The average Bonchev–Trinajstić information content (AvgIpc) is 2.31. The van der Waals surface area contributed by atoms with Crippen molar-refractivity contribution in [3.8, 4) is 0 Å². The van der Waals surface area contributed by atoms with Crippen LogP contribution in [0, 0.1) is 0 Å². The molecule has 0 radical (unpaired) electrons. The van der Waals surface area contributed by atoms with Gasteiger partial charge in [0.1, 0.15) is 0 Å². The zero-order valence-electron chi connectivity index (χ0n) is 15.8. The standard InChI is InChI=1S/C15H24F6O2Si3/c1-24(2,3)22-26(7,23-25(4,5)6)13-9-11(14(16,17)18)8-12(10-13)15(19,20)21/h8-10H,1-7H3. The second-order valence-electron chi connectivity index (χ2n) is 8.17. The molecule has 11 heteroatoms. The van der Waals surface area contributed by atoms with Crippen molar-refractivity contribution in [2.45, 2.75) is 58.2 Å². The van der Waals surface area contributed by atoms with Crippen molar-refractivity contribution in [2.75, 3.05) is 0 Å². The van der Waals surface area contributed by atoms with Gasteiger partial charge in [0.2, 0.25) is 0 Å². The Kier molecular flexibility index (Phi) is 6.37. The Bertz CT molecular complexity index is 596. The van der Waals surface area contributed by atoms with Crippen LogP contribution in [-0.4, -0.2) is 25.2 Å². The van der Waals surface area contributed by atoms with Gasteiger partial charge in [0.15, 0.2) is 16.6 Å². The molecule has 0 unspecified atom stereocenters. The van der Waals surface area contributed by atoms with Crippen LogP contribution in [0.15, 0.2) is 18.2 Å². The molecule has 1 aromatic carbocycles. The van der Waals surface area contributed by atoms with Crippen molar-refractivity contribution in [2.24, 2.45) is 0 Å². The lowest BCUT2D eigenvalue weighted by Gasteiger charge is -2.39. The maximum atomic E-state index is 13.2. The zero-order chi connectivity index (χ0) is 20.8. The van der Waals surface area contributed by atoms with Crippen molar-refractivity contribution in [1.29, 1.82) is 0 Å². The quantitative estimate of drug-likeness (QED) is 0.437. The summed E-state index contributed by atoms with van der Waals surface area (Å²) in [4.78, 5) is 0. The summed E-state index contributed by atoms with van der Waals surface area (Å²) < 4.78 is 91.3. The van der Waals surface area contributed by atoms with E-state index in [1.807, 2.05) is 39.3 Å². The van der Waals surface area contributed by atoms with E-state index in [2.05, 4.69) is 0 Å². The maximum absolute atomic E-state index is 13.2. The van der Waals surface area contributed by atoms with E-state index in [0.717, 1.165) is 12.1 Å². The molecule has 0 atom stereocenters. The zero-order valence-corrected chi connectivity index (χ0v) is 18.8. The van der Waals surface area contributed by atoms with Gasteiger partial charge in [0, 0.05) is 0 Å². The molecule has 0 saturated carbocycles. The van der Waals surface area contributed by atoms with Gasteiger partial charge >= 0.3 is 20.9 Å². The Balaban J connectivity index is 3.68. The molecule has 0 aliphatic rings. The van der Waals surface area contributed by atoms with Crippen molar-refractivity contribution in [3.05, 3.63) is 29.3 Å². The van der Waals surface area contributed by atoms with E-state index in [9.17, 15) is 26.3 Å². The molecule has 0 bridgehead atoms. The molecular weight excluding hydrogens is 410 g/mol. The predicted octanol–water partition coefficient (Wildman–Crippen LogP) is 5.71. The lowest BCUT2D eigenvalue weighted by molar-refractivity contribution is -0.142. The molecule has 150 valence electrons. The number of alkyl halides is 6. The van der Waals surface area contributed by atoms with Crippen molar-refractivity contribution < 1.29 is 34.6 Å². The highest BCUT2D eigenvalue weighted by Crippen LogP contribution is 2.35. The third kappa shape index (κ3) is 6.83. The fourth-order valence-corrected chi connectivity index (χ4v) is 14.2. The van der Waals surface area contributed by atoms with Gasteiger partial charge in [-0.15, -0.1) is 0 Å². The molecule has 26 heavy (non-hydrogen) atoms. The Morgan fingerprint density at radius 1 is 0.615 bits per heavy atom. The minimum atomic E-state index is -4.90. The first-order chi connectivity index (χ1) is 11.2. The maximum Gasteiger partial charge on any atom is 0.416 e. The molecule has 0 aromatic heterocycles. The molecule has 1 rings (SSSR count). The molecule has 0 spiro atoms. The molecule has 0 amide bonds. The largest absolute Gasteiger partial charge is 0.433 e. The topological polar surface area (TPSA) is 18.5 Å². The first-order valence-corrected chi connectivity index (χ1v) is 17.1. The average molecular weight is 435 g/mol. The van der Waals surface area contributed by atoms with E-state index in [1.54, 1.807) is 0 Å². The van der Waals surface area contributed by atoms with Gasteiger partial charge in [-0.1, -0.05) is 0 Å². The van der Waals surface area contributed by atoms with Crippen molar-refractivity contribution in [3.63, 3.8) is 0 Å². The number of rotatable bonds is 5. The van der Waals surface area contributed by atoms with Gasteiger partial charge < -0.3 is 8.23 Å². The fraction of sp³-hybridized carbons (Fsp3) is 0.600. The smallest absolute Gasteiger partial charge is 0.416 e. The summed E-state index contributed by atoms with van der Waals surface area (Å²) in [5, 5.41) is -0.149. The minimum Gasteiger partial charge on any atom is -0.433 e. The summed E-state index contributed by atoms with van der Waals surface area (Å²) in [7, 11) is -8.10. The number of benzene rings is 1. The third-order valence-corrected chi connectivity index (χ3v) is 12.5. The summed E-state index contributed by atoms with van der Waals surface area (Å²) in [6.45, 7) is 12.5. The molecule has 2 nitrogen and oxygen atoms in total. The Hall–Kier alpha value is -0.629. The highest BCUT2D eigenvalue weighted by atomic mass is 28.5. The highest BCUT2D eigenvalue weighted by Gasteiger charge is 2.45. The van der Waals surface area contributed by atoms with Crippen LogP contribution in [0.3, 0.4) is 0 Å². The summed E-state index contributed by atoms with van der Waals surface area (Å²) >= 11 is 0. The second kappa shape index (κ2) is 7.08. The molecule has 0 N–H and O–H groups in total. The molecular formula is C15H24F6O2Si3. The molecule has 0 fully saturated rings. The van der Waals surface area contributed by atoms with Crippen LogP contribution in [0.2, 0.25) is 45.8 Å². The van der Waals surface area contributed by atoms with Crippen molar-refractivity contribution in [1.82, 2.24) is 0 Å². The SMILES string of the molecule is C[Si](C)(C)O[Si](C)(O[Si](C)(C)C)c1cc(C(F)(F)F)cc(C(F)(F)F)c1. The highest BCUT2D eigenvalue weighted by molar-refractivity contribution is 6.94. The van der Waals surface area contributed by atoms with Gasteiger partial charge in [0.25, 0.3) is 0 Å². The van der Waals surface area contributed by atoms with Gasteiger partial charge in [-0.25, -0.2) is 0 Å². The molecule has 0 saturated heterocycles. The Morgan fingerprint density at radius 3 is 1.15 bits per heavy atom. The van der Waals surface area contributed by atoms with Gasteiger partial charge in [0.05, 0.1) is 11.1 Å².